The van der Waals surface area contributed by atoms with Gasteiger partial charge in [-0.25, -0.2) is 4.79 Å². The number of Topliss-reactive ketones (excluding diaryl/α,β-unsaturated/α-hetero) is 1. The van der Waals surface area contributed by atoms with E-state index in [1.54, 1.807) is 0 Å². The molecule has 1 aromatic rings. The largest absolute Gasteiger partial charge is 0.444 e. The van der Waals surface area contributed by atoms with Gasteiger partial charge in [0, 0.05) is 24.8 Å². The minimum absolute atomic E-state index is 0.175. The van der Waals surface area contributed by atoms with Gasteiger partial charge in [0.05, 0.1) is 0 Å². The average molecular weight is 303 g/mol. The summed E-state index contributed by atoms with van der Waals surface area (Å²) in [6.07, 6.45) is 2.28. The second-order valence-electron chi connectivity index (χ2n) is 7.04. The number of amides is 1. The molecule has 1 fully saturated rings. The van der Waals surface area contributed by atoms with Crippen molar-refractivity contribution < 1.29 is 14.3 Å². The van der Waals surface area contributed by atoms with Crippen molar-refractivity contribution in [2.75, 3.05) is 6.54 Å². The fourth-order valence-corrected chi connectivity index (χ4v) is 2.92. The van der Waals surface area contributed by atoms with E-state index in [2.05, 4.69) is 17.4 Å². The van der Waals surface area contributed by atoms with Crippen molar-refractivity contribution in [3.8, 4) is 0 Å². The van der Waals surface area contributed by atoms with Crippen LogP contribution in [-0.4, -0.2) is 24.0 Å². The average Bonchev–Trinajstić information content (AvgIpc) is 2.46. The molecular formula is C18H25NO3. The summed E-state index contributed by atoms with van der Waals surface area (Å²) in [6, 6.07) is 10.1. The smallest absolute Gasteiger partial charge is 0.407 e. The predicted molar refractivity (Wildman–Crippen MR) is 85.8 cm³/mol. The van der Waals surface area contributed by atoms with Gasteiger partial charge in [-0.05, 0) is 39.2 Å². The lowest BCUT2D eigenvalue weighted by Crippen LogP contribution is -2.44. The van der Waals surface area contributed by atoms with Crippen LogP contribution in [0.25, 0.3) is 0 Å². The Morgan fingerprint density at radius 2 is 1.77 bits per heavy atom. The lowest BCUT2D eigenvalue weighted by atomic mass is 9.69. The van der Waals surface area contributed by atoms with Crippen molar-refractivity contribution in [1.29, 1.82) is 0 Å². The molecule has 0 atom stereocenters. The second kappa shape index (κ2) is 6.51. The number of ketones is 1. The molecule has 1 aromatic carbocycles. The van der Waals surface area contributed by atoms with Crippen molar-refractivity contribution in [2.45, 2.75) is 57.5 Å². The minimum Gasteiger partial charge on any atom is -0.444 e. The molecule has 0 aromatic heterocycles. The molecule has 0 aliphatic heterocycles. The summed E-state index contributed by atoms with van der Waals surface area (Å²) in [5, 5.41) is 2.89. The molecule has 4 nitrogen and oxygen atoms in total. The van der Waals surface area contributed by atoms with Crippen LogP contribution in [0.5, 0.6) is 0 Å². The first-order valence-electron chi connectivity index (χ1n) is 7.85. The molecule has 22 heavy (non-hydrogen) atoms. The summed E-state index contributed by atoms with van der Waals surface area (Å²) < 4.78 is 5.31. The van der Waals surface area contributed by atoms with E-state index < -0.39 is 11.7 Å². The molecule has 1 N–H and O–H groups in total. The third-order valence-corrected chi connectivity index (χ3v) is 4.12. The molecule has 0 radical (unpaired) electrons. The van der Waals surface area contributed by atoms with E-state index in [9.17, 15) is 9.59 Å². The first-order valence-corrected chi connectivity index (χ1v) is 7.85. The molecule has 2 rings (SSSR count). The van der Waals surface area contributed by atoms with Crippen LogP contribution in [0.4, 0.5) is 4.79 Å². The first-order chi connectivity index (χ1) is 10.3. The minimum atomic E-state index is -0.507. The van der Waals surface area contributed by atoms with E-state index in [0.717, 1.165) is 12.8 Å². The summed E-state index contributed by atoms with van der Waals surface area (Å²) in [6.45, 7) is 6.04. The Hall–Kier alpha value is -1.84. The summed E-state index contributed by atoms with van der Waals surface area (Å²) >= 11 is 0. The van der Waals surface area contributed by atoms with Crippen molar-refractivity contribution in [3.05, 3.63) is 35.9 Å². The van der Waals surface area contributed by atoms with Crippen LogP contribution in [0.3, 0.4) is 0 Å². The quantitative estimate of drug-likeness (QED) is 0.928. The number of nitrogens with one attached hydrogen (secondary N) is 1. The Labute approximate surface area is 132 Å². The Balaban J connectivity index is 2.10. The third kappa shape index (κ3) is 4.33. The Morgan fingerprint density at radius 1 is 1.18 bits per heavy atom. The van der Waals surface area contributed by atoms with Crippen LogP contribution >= 0.6 is 0 Å². The van der Waals surface area contributed by atoms with Crippen molar-refractivity contribution in [3.63, 3.8) is 0 Å². The second-order valence-corrected chi connectivity index (χ2v) is 7.04. The number of benzene rings is 1. The van der Waals surface area contributed by atoms with Crippen LogP contribution in [0.1, 0.15) is 52.0 Å². The molecule has 0 heterocycles. The van der Waals surface area contributed by atoms with E-state index in [1.165, 1.54) is 5.56 Å². The highest BCUT2D eigenvalue weighted by atomic mass is 16.6. The van der Waals surface area contributed by atoms with Gasteiger partial charge in [-0.3, -0.25) is 4.79 Å². The van der Waals surface area contributed by atoms with Gasteiger partial charge in [-0.15, -0.1) is 0 Å². The lowest BCUT2D eigenvalue weighted by Gasteiger charge is -2.37. The van der Waals surface area contributed by atoms with E-state index in [1.807, 2.05) is 39.0 Å². The molecule has 0 spiro atoms. The van der Waals surface area contributed by atoms with Crippen molar-refractivity contribution in [2.24, 2.45) is 0 Å². The van der Waals surface area contributed by atoms with Crippen molar-refractivity contribution >= 4 is 11.9 Å². The molecule has 1 amide bonds. The van der Waals surface area contributed by atoms with Gasteiger partial charge in [-0.1, -0.05) is 30.3 Å². The Morgan fingerprint density at radius 3 is 2.32 bits per heavy atom. The molecule has 0 unspecified atom stereocenters. The maximum Gasteiger partial charge on any atom is 0.407 e. The molecule has 4 heteroatoms. The van der Waals surface area contributed by atoms with E-state index in [0.29, 0.717) is 25.2 Å². The van der Waals surface area contributed by atoms with Gasteiger partial charge in [0.15, 0.2) is 0 Å². The zero-order valence-corrected chi connectivity index (χ0v) is 13.6. The predicted octanol–water partition coefficient (Wildman–Crippen LogP) is 3.59. The zero-order chi connectivity index (χ0) is 16.2. The van der Waals surface area contributed by atoms with Crippen LogP contribution in [-0.2, 0) is 14.9 Å². The highest BCUT2D eigenvalue weighted by Gasteiger charge is 2.36. The monoisotopic (exact) mass is 303 g/mol. The standard InChI is InChI=1S/C18H25NO3/c1-17(2,3)22-16(21)19-13-18(11-9-15(20)10-12-18)14-7-5-4-6-8-14/h4-8H,9-13H2,1-3H3,(H,19,21). The lowest BCUT2D eigenvalue weighted by molar-refractivity contribution is -0.121. The normalized spacial score (nSPS) is 17.9. The number of hydrogen-bond acceptors (Lipinski definition) is 3. The Kier molecular flexibility index (Phi) is 4.89. The number of carbonyl (C=O) groups is 2. The van der Waals surface area contributed by atoms with Crippen LogP contribution in [0, 0.1) is 0 Å². The maximum atomic E-state index is 11.9. The molecule has 0 bridgehead atoms. The fourth-order valence-electron chi connectivity index (χ4n) is 2.92. The van der Waals surface area contributed by atoms with Gasteiger partial charge in [-0.2, -0.15) is 0 Å². The number of rotatable bonds is 3. The van der Waals surface area contributed by atoms with Crippen LogP contribution in [0.2, 0.25) is 0 Å². The number of carbonyl (C=O) groups excluding carboxylic acids is 2. The summed E-state index contributed by atoms with van der Waals surface area (Å²) in [4.78, 5) is 23.5. The SMILES string of the molecule is CC(C)(C)OC(=O)NCC1(c2ccccc2)CCC(=O)CC1. The maximum absolute atomic E-state index is 11.9. The topological polar surface area (TPSA) is 55.4 Å². The summed E-state index contributed by atoms with van der Waals surface area (Å²) in [5.41, 5.74) is 0.497. The van der Waals surface area contributed by atoms with Gasteiger partial charge < -0.3 is 10.1 Å². The third-order valence-electron chi connectivity index (χ3n) is 4.12. The molecule has 1 aliphatic rings. The molecule has 120 valence electrons. The van der Waals surface area contributed by atoms with E-state index >= 15 is 0 Å². The van der Waals surface area contributed by atoms with Gasteiger partial charge >= 0.3 is 6.09 Å². The molecule has 0 saturated heterocycles. The fraction of sp³-hybridized carbons (Fsp3) is 0.556. The summed E-state index contributed by atoms with van der Waals surface area (Å²) in [5.74, 6) is 0.309. The summed E-state index contributed by atoms with van der Waals surface area (Å²) in [7, 11) is 0. The number of ether oxygens (including phenoxy) is 1. The highest BCUT2D eigenvalue weighted by Crippen LogP contribution is 2.37. The van der Waals surface area contributed by atoms with Crippen LogP contribution < -0.4 is 5.32 Å². The number of hydrogen-bond donors (Lipinski definition) is 1. The van der Waals surface area contributed by atoms with Crippen LogP contribution in [0.15, 0.2) is 30.3 Å². The number of alkyl carbamates (subject to hydrolysis) is 1. The zero-order valence-electron chi connectivity index (χ0n) is 13.6. The van der Waals surface area contributed by atoms with Gasteiger partial charge in [0.1, 0.15) is 11.4 Å². The first kappa shape index (κ1) is 16.5. The van der Waals surface area contributed by atoms with Gasteiger partial charge in [0.2, 0.25) is 0 Å². The highest BCUT2D eigenvalue weighted by molar-refractivity contribution is 5.79. The molecule has 1 aliphatic carbocycles. The molecular weight excluding hydrogens is 278 g/mol. The van der Waals surface area contributed by atoms with E-state index in [4.69, 9.17) is 4.74 Å². The van der Waals surface area contributed by atoms with Crippen molar-refractivity contribution in [1.82, 2.24) is 5.32 Å². The molecule has 1 saturated carbocycles. The van der Waals surface area contributed by atoms with Gasteiger partial charge in [0.25, 0.3) is 0 Å². The van der Waals surface area contributed by atoms with E-state index in [-0.39, 0.29) is 5.41 Å². The Bertz CT molecular complexity index is 521.